The van der Waals surface area contributed by atoms with Crippen LogP contribution in [0.2, 0.25) is 0 Å². The lowest BCUT2D eigenvalue weighted by molar-refractivity contribution is 0.195. The van der Waals surface area contributed by atoms with Gasteiger partial charge in [-0.3, -0.25) is 14.0 Å². The molecule has 0 aliphatic carbocycles. The summed E-state index contributed by atoms with van der Waals surface area (Å²) in [5.74, 6) is 0.687. The molecule has 1 aliphatic heterocycles. The van der Waals surface area contributed by atoms with Gasteiger partial charge in [-0.15, -0.1) is 0 Å². The largest absolute Gasteiger partial charge is 0.492 e. The molecule has 1 heterocycles. The van der Waals surface area contributed by atoms with Crippen LogP contribution in [0.25, 0.3) is 0 Å². The van der Waals surface area contributed by atoms with Gasteiger partial charge in [0.15, 0.2) is 5.40 Å². The zero-order valence-corrected chi connectivity index (χ0v) is 20.9. The fourth-order valence-electron chi connectivity index (χ4n) is 3.65. The summed E-state index contributed by atoms with van der Waals surface area (Å²) in [6.07, 6.45) is 2.49. The molecule has 10 heteroatoms. The molecule has 0 spiro atoms. The molecule has 1 aromatic rings. The maximum Gasteiger partial charge on any atom is 0.350 e. The number of benzene rings is 1. The first kappa shape index (κ1) is 26.5. The van der Waals surface area contributed by atoms with Crippen molar-refractivity contribution in [1.82, 2.24) is 4.90 Å². The Labute approximate surface area is 186 Å². The number of likely N-dealkylation sites (tertiary alicyclic amines) is 1. The van der Waals surface area contributed by atoms with E-state index in [4.69, 9.17) is 22.8 Å². The van der Waals surface area contributed by atoms with Crippen molar-refractivity contribution >= 4 is 15.2 Å². The molecule has 0 atom stereocenters. The fraction of sp³-hybridized carbons (Fsp3) is 0.714. The topological polar surface area (TPSA) is 83.5 Å². The van der Waals surface area contributed by atoms with Crippen molar-refractivity contribution in [2.45, 2.75) is 45.9 Å². The number of hydrogen-bond acceptors (Lipinski definition) is 8. The Hall–Kier alpha value is -0.720. The quantitative estimate of drug-likeness (QED) is 0.298. The van der Waals surface area contributed by atoms with E-state index in [1.165, 1.54) is 12.8 Å². The standard InChI is InChI=1S/C21H37NO7P2/c1-5-26-30(23,27-6-2)21(31(24,28-7-3)29-8-4)19-11-13-20(14-12-19)25-18-17-22-15-9-10-16-22/h11-14,21H,5-10,15-18H2,1-4H3. The van der Waals surface area contributed by atoms with Crippen LogP contribution >= 0.6 is 15.2 Å². The molecule has 178 valence electrons. The summed E-state index contributed by atoms with van der Waals surface area (Å²) in [5, 5.41) is -1.18. The van der Waals surface area contributed by atoms with Gasteiger partial charge in [-0.2, -0.15) is 0 Å². The zero-order valence-electron chi connectivity index (χ0n) is 19.2. The minimum absolute atomic E-state index is 0.143. The SMILES string of the molecule is CCOP(=O)(OCC)C(c1ccc(OCCN2CCCC2)cc1)P(=O)(OCC)OCC. The molecule has 1 saturated heterocycles. The first-order valence-electron chi connectivity index (χ1n) is 11.1. The highest BCUT2D eigenvalue weighted by molar-refractivity contribution is 7.72. The fourth-order valence-corrected chi connectivity index (χ4v) is 9.06. The molecule has 0 bridgehead atoms. The lowest BCUT2D eigenvalue weighted by Crippen LogP contribution is -2.25. The van der Waals surface area contributed by atoms with Crippen LogP contribution in [-0.4, -0.2) is 57.6 Å². The molecule has 0 saturated carbocycles. The number of hydrogen-bond donors (Lipinski definition) is 0. The van der Waals surface area contributed by atoms with Crippen LogP contribution in [0.5, 0.6) is 5.75 Å². The Balaban J connectivity index is 2.27. The summed E-state index contributed by atoms with van der Waals surface area (Å²) in [6, 6.07) is 7.00. The lowest BCUT2D eigenvalue weighted by Gasteiger charge is -2.31. The Morgan fingerprint density at radius 1 is 0.806 bits per heavy atom. The molecule has 1 aromatic carbocycles. The van der Waals surface area contributed by atoms with Gasteiger partial charge in [0.2, 0.25) is 0 Å². The van der Waals surface area contributed by atoms with Gasteiger partial charge in [0.25, 0.3) is 0 Å². The van der Waals surface area contributed by atoms with E-state index >= 15 is 0 Å². The molecular formula is C21H37NO7P2. The van der Waals surface area contributed by atoms with Gasteiger partial charge in [-0.1, -0.05) is 12.1 Å². The average molecular weight is 477 g/mol. The minimum atomic E-state index is -3.84. The third-order valence-corrected chi connectivity index (χ3v) is 10.9. The van der Waals surface area contributed by atoms with Crippen molar-refractivity contribution in [2.24, 2.45) is 0 Å². The van der Waals surface area contributed by atoms with Gasteiger partial charge in [0.05, 0.1) is 26.4 Å². The molecule has 0 aromatic heterocycles. The van der Waals surface area contributed by atoms with Gasteiger partial charge >= 0.3 is 15.2 Å². The van der Waals surface area contributed by atoms with Crippen LogP contribution in [-0.2, 0) is 27.2 Å². The molecule has 2 rings (SSSR count). The van der Waals surface area contributed by atoms with Crippen LogP contribution < -0.4 is 4.74 Å². The van der Waals surface area contributed by atoms with E-state index in [2.05, 4.69) is 4.90 Å². The van der Waals surface area contributed by atoms with Gasteiger partial charge in [0.1, 0.15) is 12.4 Å². The molecule has 0 amide bonds. The highest BCUT2D eigenvalue weighted by Crippen LogP contribution is 2.78. The second-order valence-corrected chi connectivity index (χ2v) is 11.7. The van der Waals surface area contributed by atoms with E-state index in [1.54, 1.807) is 52.0 Å². The van der Waals surface area contributed by atoms with Crippen molar-refractivity contribution in [1.29, 1.82) is 0 Å². The Morgan fingerprint density at radius 3 is 1.68 bits per heavy atom. The van der Waals surface area contributed by atoms with Crippen molar-refractivity contribution in [3.63, 3.8) is 0 Å². The van der Waals surface area contributed by atoms with Crippen molar-refractivity contribution in [2.75, 3.05) is 52.7 Å². The summed E-state index contributed by atoms with van der Waals surface area (Å²) >= 11 is 0. The summed E-state index contributed by atoms with van der Waals surface area (Å²) in [7, 11) is -7.69. The molecular weight excluding hydrogens is 440 g/mol. The third-order valence-electron chi connectivity index (χ3n) is 4.89. The monoisotopic (exact) mass is 477 g/mol. The van der Waals surface area contributed by atoms with Gasteiger partial charge in [-0.25, -0.2) is 0 Å². The van der Waals surface area contributed by atoms with E-state index in [0.29, 0.717) is 17.9 Å². The van der Waals surface area contributed by atoms with Crippen molar-refractivity contribution < 1.29 is 32.0 Å². The van der Waals surface area contributed by atoms with Crippen LogP contribution in [0.3, 0.4) is 0 Å². The predicted octanol–water partition coefficient (Wildman–Crippen LogP) is 5.69. The van der Waals surface area contributed by atoms with E-state index in [-0.39, 0.29) is 26.4 Å². The molecule has 0 unspecified atom stereocenters. The number of ether oxygens (including phenoxy) is 1. The maximum absolute atomic E-state index is 13.7. The second-order valence-electron chi connectivity index (χ2n) is 7.09. The second kappa shape index (κ2) is 13.1. The van der Waals surface area contributed by atoms with E-state index in [9.17, 15) is 9.13 Å². The molecule has 8 nitrogen and oxygen atoms in total. The first-order valence-corrected chi connectivity index (χ1v) is 14.4. The van der Waals surface area contributed by atoms with E-state index in [1.807, 2.05) is 0 Å². The lowest BCUT2D eigenvalue weighted by atomic mass is 10.2. The highest BCUT2D eigenvalue weighted by atomic mass is 31.2. The van der Waals surface area contributed by atoms with Gasteiger partial charge < -0.3 is 22.8 Å². The normalized spacial score (nSPS) is 15.6. The van der Waals surface area contributed by atoms with E-state index in [0.717, 1.165) is 19.6 Å². The molecule has 1 aliphatic rings. The maximum atomic E-state index is 13.7. The molecule has 31 heavy (non-hydrogen) atoms. The minimum Gasteiger partial charge on any atom is -0.492 e. The average Bonchev–Trinajstić information content (AvgIpc) is 3.23. The van der Waals surface area contributed by atoms with Crippen LogP contribution in [0, 0.1) is 0 Å². The van der Waals surface area contributed by atoms with Crippen LogP contribution in [0.1, 0.15) is 51.5 Å². The van der Waals surface area contributed by atoms with Gasteiger partial charge in [-0.05, 0) is 71.3 Å². The van der Waals surface area contributed by atoms with Crippen LogP contribution in [0.15, 0.2) is 24.3 Å². The van der Waals surface area contributed by atoms with E-state index < -0.39 is 20.6 Å². The molecule has 1 fully saturated rings. The smallest absolute Gasteiger partial charge is 0.350 e. The third kappa shape index (κ3) is 7.40. The van der Waals surface area contributed by atoms with Gasteiger partial charge in [0, 0.05) is 6.54 Å². The summed E-state index contributed by atoms with van der Waals surface area (Å²) in [6.45, 7) is 11.2. The first-order chi connectivity index (χ1) is 14.9. The Bertz CT molecular complexity index is 688. The highest BCUT2D eigenvalue weighted by Gasteiger charge is 2.51. The zero-order chi connectivity index (χ0) is 22.7. The summed E-state index contributed by atoms with van der Waals surface area (Å²) < 4.78 is 55.4. The molecule has 0 N–H and O–H groups in total. The number of rotatable bonds is 15. The van der Waals surface area contributed by atoms with Crippen molar-refractivity contribution in [3.05, 3.63) is 29.8 Å². The predicted molar refractivity (Wildman–Crippen MR) is 122 cm³/mol. The van der Waals surface area contributed by atoms with Crippen LogP contribution in [0.4, 0.5) is 0 Å². The molecule has 0 radical (unpaired) electrons. The van der Waals surface area contributed by atoms with Crippen molar-refractivity contribution in [3.8, 4) is 5.75 Å². The Kier molecular flexibility index (Phi) is 11.2. The summed E-state index contributed by atoms with van der Waals surface area (Å²) in [5.41, 5.74) is 0.502. The number of nitrogens with zero attached hydrogens (tertiary/aromatic N) is 1. The Morgan fingerprint density at radius 2 is 1.26 bits per heavy atom. The summed E-state index contributed by atoms with van der Waals surface area (Å²) in [4.78, 5) is 2.38.